The minimum atomic E-state index is -0.505. The van der Waals surface area contributed by atoms with E-state index in [1.807, 2.05) is 23.7 Å². The molecular formula is C9H8N2S2. The van der Waals surface area contributed by atoms with Crippen molar-refractivity contribution in [2.24, 2.45) is 10.2 Å². The summed E-state index contributed by atoms with van der Waals surface area (Å²) in [6.07, 6.45) is 0. The van der Waals surface area contributed by atoms with Crippen molar-refractivity contribution in [1.29, 1.82) is 0 Å². The fourth-order valence-corrected chi connectivity index (χ4v) is 2.93. The molecule has 0 aromatic heterocycles. The van der Waals surface area contributed by atoms with E-state index in [1.165, 1.54) is 4.90 Å². The van der Waals surface area contributed by atoms with E-state index >= 15 is 0 Å². The minimum Gasteiger partial charge on any atom is -0.152 e. The van der Waals surface area contributed by atoms with Crippen LogP contribution < -0.4 is 0 Å². The third-order valence-electron chi connectivity index (χ3n) is 1.71. The minimum absolute atomic E-state index is 0.505. The van der Waals surface area contributed by atoms with Gasteiger partial charge in [-0.3, -0.25) is 0 Å². The predicted octanol–water partition coefficient (Wildman–Crippen LogP) is 2.40. The Bertz CT molecular complexity index is 370. The highest BCUT2D eigenvalue weighted by Gasteiger charge is 2.13. The third kappa shape index (κ3) is 1.68. The first kappa shape index (κ1) is 8.59. The first-order valence-corrected chi connectivity index (χ1v) is 5.70. The van der Waals surface area contributed by atoms with Gasteiger partial charge < -0.3 is 0 Å². The lowest BCUT2D eigenvalue weighted by molar-refractivity contribution is 1.29. The summed E-state index contributed by atoms with van der Waals surface area (Å²) in [7, 11) is -0.505. The predicted molar refractivity (Wildman–Crippen MR) is 63.3 cm³/mol. The summed E-state index contributed by atoms with van der Waals surface area (Å²) in [5, 5.41) is 10.4. The largest absolute Gasteiger partial charge is 0.152 e. The number of hydrogen-bond acceptors (Lipinski definition) is 3. The molecule has 0 fully saturated rings. The summed E-state index contributed by atoms with van der Waals surface area (Å²) in [5.74, 6) is 0. The van der Waals surface area contributed by atoms with Crippen molar-refractivity contribution >= 4 is 39.1 Å². The molecule has 1 aliphatic heterocycles. The van der Waals surface area contributed by atoms with Gasteiger partial charge in [0.1, 0.15) is 5.04 Å². The van der Waals surface area contributed by atoms with E-state index in [9.17, 15) is 0 Å². The second kappa shape index (κ2) is 3.81. The highest BCUT2D eigenvalue weighted by atomic mass is 32.2. The van der Waals surface area contributed by atoms with Gasteiger partial charge in [-0.1, -0.05) is 30.4 Å². The van der Waals surface area contributed by atoms with Crippen LogP contribution in [0.3, 0.4) is 0 Å². The molecule has 1 aromatic carbocycles. The molecule has 66 valence electrons. The van der Waals surface area contributed by atoms with E-state index in [4.69, 9.17) is 12.2 Å². The molecule has 1 unspecified atom stereocenters. The lowest BCUT2D eigenvalue weighted by atomic mass is 10.4. The zero-order valence-electron chi connectivity index (χ0n) is 6.79. The number of thiol groups is 1. The van der Waals surface area contributed by atoms with E-state index in [2.05, 4.69) is 22.3 Å². The zero-order valence-corrected chi connectivity index (χ0v) is 8.50. The molecule has 0 radical (unpaired) electrons. The van der Waals surface area contributed by atoms with Crippen molar-refractivity contribution < 1.29 is 0 Å². The standard InChI is InChI=1S/C9H8N2S2/c12-6-9-11-10-7-13(9)8-4-2-1-3-5-8/h1-7,13H. The Hall–Kier alpha value is -1.00. The van der Waals surface area contributed by atoms with Crippen molar-refractivity contribution in [2.75, 3.05) is 0 Å². The number of benzene rings is 1. The molecule has 0 amide bonds. The van der Waals surface area contributed by atoms with Crippen molar-refractivity contribution in [1.82, 2.24) is 0 Å². The van der Waals surface area contributed by atoms with Gasteiger partial charge >= 0.3 is 0 Å². The molecule has 4 heteroatoms. The maximum atomic E-state index is 4.87. The Labute approximate surface area is 84.7 Å². The normalized spacial score (nSPS) is 22.8. The quantitative estimate of drug-likeness (QED) is 0.586. The number of rotatable bonds is 2. The molecule has 1 atom stereocenters. The van der Waals surface area contributed by atoms with Crippen molar-refractivity contribution in [3.63, 3.8) is 0 Å². The van der Waals surface area contributed by atoms with E-state index in [0.717, 1.165) is 5.04 Å². The van der Waals surface area contributed by atoms with Crippen LogP contribution in [0, 0.1) is 0 Å². The molecule has 0 aliphatic carbocycles. The van der Waals surface area contributed by atoms with Gasteiger partial charge in [-0.25, -0.2) is 0 Å². The van der Waals surface area contributed by atoms with E-state index in [1.54, 1.807) is 5.37 Å². The summed E-state index contributed by atoms with van der Waals surface area (Å²) >= 11 is 4.87. The Morgan fingerprint density at radius 2 is 2.00 bits per heavy atom. The zero-order chi connectivity index (χ0) is 9.10. The molecule has 1 aliphatic rings. The number of hydrogen-bond donors (Lipinski definition) is 1. The summed E-state index contributed by atoms with van der Waals surface area (Å²) in [5.41, 5.74) is 1.88. The molecule has 0 bridgehead atoms. The van der Waals surface area contributed by atoms with Crippen LogP contribution in [0.1, 0.15) is 0 Å². The SMILES string of the molecule is S=CC1=NN=C[SH]1c1ccccc1. The molecular weight excluding hydrogens is 200 g/mol. The molecule has 1 aromatic rings. The van der Waals surface area contributed by atoms with Crippen LogP contribution in [0.25, 0.3) is 0 Å². The second-order valence-electron chi connectivity index (χ2n) is 2.51. The van der Waals surface area contributed by atoms with Gasteiger partial charge in [0.15, 0.2) is 0 Å². The van der Waals surface area contributed by atoms with Crippen LogP contribution >= 0.6 is 23.1 Å². The average Bonchev–Trinajstić information content (AvgIpc) is 2.67. The smallest absolute Gasteiger partial charge is 0.119 e. The van der Waals surface area contributed by atoms with E-state index < -0.39 is 10.9 Å². The lowest BCUT2D eigenvalue weighted by Gasteiger charge is -2.10. The molecule has 0 spiro atoms. The monoisotopic (exact) mass is 208 g/mol. The fourth-order valence-electron chi connectivity index (χ4n) is 1.11. The number of thiocarbonyl (C=S) groups is 1. The first-order valence-electron chi connectivity index (χ1n) is 3.82. The third-order valence-corrected chi connectivity index (χ3v) is 4.01. The van der Waals surface area contributed by atoms with Crippen molar-refractivity contribution in [2.45, 2.75) is 4.90 Å². The van der Waals surface area contributed by atoms with Gasteiger partial charge in [-0.15, -0.1) is 16.0 Å². The lowest BCUT2D eigenvalue weighted by Crippen LogP contribution is -1.96. The highest BCUT2D eigenvalue weighted by Crippen LogP contribution is 2.37. The Morgan fingerprint density at radius 1 is 1.23 bits per heavy atom. The van der Waals surface area contributed by atoms with Crippen LogP contribution in [-0.4, -0.2) is 16.0 Å². The molecule has 2 rings (SSSR count). The van der Waals surface area contributed by atoms with Crippen LogP contribution in [0.15, 0.2) is 45.4 Å². The van der Waals surface area contributed by atoms with Gasteiger partial charge in [0.25, 0.3) is 0 Å². The van der Waals surface area contributed by atoms with E-state index in [-0.39, 0.29) is 0 Å². The van der Waals surface area contributed by atoms with Gasteiger partial charge in [-0.05, 0) is 17.0 Å². The topological polar surface area (TPSA) is 24.7 Å². The van der Waals surface area contributed by atoms with E-state index in [0.29, 0.717) is 0 Å². The van der Waals surface area contributed by atoms with Gasteiger partial charge in [0, 0.05) is 5.37 Å². The van der Waals surface area contributed by atoms with Crippen molar-refractivity contribution in [3.05, 3.63) is 30.3 Å². The molecule has 13 heavy (non-hydrogen) atoms. The maximum Gasteiger partial charge on any atom is 0.119 e. The van der Waals surface area contributed by atoms with Crippen LogP contribution in [0.4, 0.5) is 0 Å². The maximum absolute atomic E-state index is 4.87. The van der Waals surface area contributed by atoms with Crippen molar-refractivity contribution in [3.8, 4) is 0 Å². The molecule has 0 N–H and O–H groups in total. The Kier molecular flexibility index (Phi) is 2.52. The molecule has 0 saturated heterocycles. The molecule has 0 saturated carbocycles. The van der Waals surface area contributed by atoms with Crippen LogP contribution in [-0.2, 0) is 0 Å². The molecule has 2 nitrogen and oxygen atoms in total. The number of nitrogens with zero attached hydrogens (tertiary/aromatic N) is 2. The van der Waals surface area contributed by atoms with Gasteiger partial charge in [-0.2, -0.15) is 5.10 Å². The Balaban J connectivity index is 2.33. The summed E-state index contributed by atoms with van der Waals surface area (Å²) in [4.78, 5) is 1.25. The highest BCUT2D eigenvalue weighted by molar-refractivity contribution is 8.42. The van der Waals surface area contributed by atoms with Crippen LogP contribution in [0.5, 0.6) is 0 Å². The fraction of sp³-hybridized carbons (Fsp3) is 0. The summed E-state index contributed by atoms with van der Waals surface area (Å²) < 4.78 is 0. The molecule has 1 heterocycles. The van der Waals surface area contributed by atoms with Crippen LogP contribution in [0.2, 0.25) is 0 Å². The van der Waals surface area contributed by atoms with Gasteiger partial charge in [0.05, 0.1) is 5.55 Å². The average molecular weight is 208 g/mol. The Morgan fingerprint density at radius 3 is 2.69 bits per heavy atom. The second-order valence-corrected chi connectivity index (χ2v) is 4.69. The first-order chi connectivity index (χ1) is 6.42. The summed E-state index contributed by atoms with van der Waals surface area (Å²) in [6, 6.07) is 10.2. The summed E-state index contributed by atoms with van der Waals surface area (Å²) in [6.45, 7) is 0. The van der Waals surface area contributed by atoms with Gasteiger partial charge in [0.2, 0.25) is 0 Å².